The molecule has 7 rings (SSSR count). The predicted octanol–water partition coefficient (Wildman–Crippen LogP) is 5.80. The van der Waals surface area contributed by atoms with E-state index in [1.165, 1.54) is 19.3 Å². The molecule has 4 aliphatic rings. The Morgan fingerprint density at radius 2 is 1.71 bits per heavy atom. The van der Waals surface area contributed by atoms with Gasteiger partial charge in [0.05, 0.1) is 28.7 Å². The van der Waals surface area contributed by atoms with Gasteiger partial charge >= 0.3 is 12.1 Å². The number of thiophene rings is 1. The molecule has 1 N–H and O–H groups in total. The number of esters is 1. The number of carbonyl (C=O) groups excluding carboxylic acids is 2. The Hall–Kier alpha value is -3.21. The normalized spacial score (nSPS) is 26.1. The molecule has 0 saturated heterocycles. The van der Waals surface area contributed by atoms with Gasteiger partial charge in [-0.25, -0.2) is 4.79 Å². The molecule has 0 aliphatic heterocycles. The van der Waals surface area contributed by atoms with E-state index >= 15 is 0 Å². The molecule has 0 atom stereocenters. The number of ether oxygens (including phenoxy) is 1. The van der Waals surface area contributed by atoms with E-state index in [1.807, 2.05) is 0 Å². The van der Waals surface area contributed by atoms with Crippen molar-refractivity contribution >= 4 is 39.0 Å². The van der Waals surface area contributed by atoms with Crippen molar-refractivity contribution < 1.29 is 27.5 Å². The number of benzene rings is 1. The van der Waals surface area contributed by atoms with Crippen molar-refractivity contribution in [2.45, 2.75) is 51.6 Å². The molecule has 3 aromatic rings. The number of carbonyl (C=O) groups is 2. The van der Waals surface area contributed by atoms with Gasteiger partial charge in [0.1, 0.15) is 5.00 Å². The minimum atomic E-state index is -4.54. The van der Waals surface area contributed by atoms with Gasteiger partial charge < -0.3 is 10.1 Å². The Balaban J connectivity index is 1.42. The van der Waals surface area contributed by atoms with Crippen molar-refractivity contribution in [1.82, 2.24) is 9.78 Å². The largest absolute Gasteiger partial charge is 0.461 e. The molecule has 4 bridgehead atoms. The quantitative estimate of drug-likeness (QED) is 0.410. The van der Waals surface area contributed by atoms with Crippen molar-refractivity contribution in [2.75, 3.05) is 11.9 Å². The average Bonchev–Trinajstić information content (AvgIpc) is 3.27. The maximum Gasteiger partial charge on any atom is 0.416 e. The number of halogens is 3. The van der Waals surface area contributed by atoms with Crippen LogP contribution in [-0.4, -0.2) is 28.3 Å². The van der Waals surface area contributed by atoms with Crippen LogP contribution >= 0.6 is 11.3 Å². The first-order chi connectivity index (χ1) is 18.1. The highest BCUT2D eigenvalue weighted by Crippen LogP contribution is 2.60. The lowest BCUT2D eigenvalue weighted by atomic mass is 9.49. The smallest absolute Gasteiger partial charge is 0.416 e. The first-order valence-electron chi connectivity index (χ1n) is 12.8. The molecular weight excluding hydrogens is 519 g/mol. The Morgan fingerprint density at radius 3 is 2.26 bits per heavy atom. The molecule has 38 heavy (non-hydrogen) atoms. The summed E-state index contributed by atoms with van der Waals surface area (Å²) in [7, 11) is 0. The van der Waals surface area contributed by atoms with Gasteiger partial charge in [-0.15, -0.1) is 11.3 Å². The second-order valence-electron chi connectivity index (χ2n) is 10.8. The molecule has 0 spiro atoms. The zero-order chi connectivity index (χ0) is 26.8. The topological polar surface area (TPSA) is 90.3 Å². The number of rotatable bonds is 5. The predicted molar refractivity (Wildman–Crippen MR) is 135 cm³/mol. The molecule has 11 heteroatoms. The maximum absolute atomic E-state index is 13.7. The van der Waals surface area contributed by atoms with E-state index in [-0.39, 0.29) is 34.7 Å². The third kappa shape index (κ3) is 4.11. The summed E-state index contributed by atoms with van der Waals surface area (Å²) in [6, 6.07) is 3.94. The summed E-state index contributed by atoms with van der Waals surface area (Å²) in [5, 5.41) is 9.39. The fourth-order valence-electron chi connectivity index (χ4n) is 7.08. The summed E-state index contributed by atoms with van der Waals surface area (Å²) >= 11 is 1.13. The van der Waals surface area contributed by atoms with E-state index in [2.05, 4.69) is 10.4 Å². The highest BCUT2D eigenvalue weighted by molar-refractivity contribution is 7.16. The average molecular weight is 546 g/mol. The second-order valence-corrected chi connectivity index (χ2v) is 11.7. The third-order valence-corrected chi connectivity index (χ3v) is 9.20. The molecule has 0 unspecified atom stereocenters. The van der Waals surface area contributed by atoms with Crippen LogP contribution in [0.3, 0.4) is 0 Å². The van der Waals surface area contributed by atoms with Crippen molar-refractivity contribution in [3.8, 4) is 5.69 Å². The fraction of sp³-hybridized carbons (Fsp3) is 0.481. The van der Waals surface area contributed by atoms with Crippen LogP contribution in [0.4, 0.5) is 18.2 Å². The molecule has 4 aliphatic carbocycles. The SMILES string of the molecule is CCOC(=O)c1nn(-c2ccc(C(F)(F)F)cc2)c(=O)c2c(NC(=O)C34CC5CC(CC(C5)C3)C4)scc12. The molecule has 1 amide bonds. The van der Waals surface area contributed by atoms with E-state index in [1.54, 1.807) is 12.3 Å². The number of aromatic nitrogens is 2. The van der Waals surface area contributed by atoms with Crippen LogP contribution in [0.15, 0.2) is 34.4 Å². The molecule has 2 aromatic heterocycles. The van der Waals surface area contributed by atoms with Crippen LogP contribution in [0.2, 0.25) is 0 Å². The standard InChI is InChI=1S/C27H26F3N3O4S/c1-2-37-24(35)21-19-13-38-22(31-25(36)26-10-14-7-15(11-26)9-16(8-14)12-26)20(19)23(34)33(32-21)18-5-3-17(4-6-18)27(28,29)30/h3-6,13-16H,2,7-12H2,1H3,(H,31,36). The first-order valence-corrected chi connectivity index (χ1v) is 13.7. The summed E-state index contributed by atoms with van der Waals surface area (Å²) in [4.78, 5) is 40.1. The molecule has 1 aromatic carbocycles. The maximum atomic E-state index is 13.7. The number of hydrogen-bond acceptors (Lipinski definition) is 6. The summed E-state index contributed by atoms with van der Waals surface area (Å²) in [6.07, 6.45) is 1.54. The van der Waals surface area contributed by atoms with Gasteiger partial charge in [-0.2, -0.15) is 23.0 Å². The zero-order valence-corrected chi connectivity index (χ0v) is 21.5. The Bertz CT molecular complexity index is 1460. The summed E-state index contributed by atoms with van der Waals surface area (Å²) in [5.41, 5.74) is -2.06. The Labute approximate surface area is 220 Å². The lowest BCUT2D eigenvalue weighted by Gasteiger charge is -2.55. The van der Waals surface area contributed by atoms with Crippen LogP contribution in [0, 0.1) is 23.2 Å². The number of alkyl halides is 3. The van der Waals surface area contributed by atoms with Gasteiger partial charge in [0.25, 0.3) is 5.56 Å². The van der Waals surface area contributed by atoms with Crippen molar-refractivity contribution in [1.29, 1.82) is 0 Å². The van der Waals surface area contributed by atoms with Crippen LogP contribution in [0.1, 0.15) is 61.5 Å². The van der Waals surface area contributed by atoms with Crippen LogP contribution < -0.4 is 10.9 Å². The number of hydrogen-bond donors (Lipinski definition) is 1. The zero-order valence-electron chi connectivity index (χ0n) is 20.6. The number of amides is 1. The molecule has 4 saturated carbocycles. The highest BCUT2D eigenvalue weighted by atomic mass is 32.1. The minimum Gasteiger partial charge on any atom is -0.461 e. The monoisotopic (exact) mass is 545 g/mol. The van der Waals surface area contributed by atoms with Crippen molar-refractivity contribution in [3.05, 3.63) is 51.3 Å². The fourth-order valence-corrected chi connectivity index (χ4v) is 8.01. The number of anilines is 1. The van der Waals surface area contributed by atoms with Gasteiger partial charge in [0, 0.05) is 10.8 Å². The molecule has 4 fully saturated rings. The number of nitrogens with zero attached hydrogens (tertiary/aromatic N) is 2. The van der Waals surface area contributed by atoms with E-state index in [4.69, 9.17) is 4.74 Å². The van der Waals surface area contributed by atoms with E-state index in [9.17, 15) is 27.6 Å². The molecule has 0 radical (unpaired) electrons. The van der Waals surface area contributed by atoms with E-state index in [0.717, 1.165) is 59.5 Å². The third-order valence-electron chi connectivity index (χ3n) is 8.31. The van der Waals surface area contributed by atoms with Gasteiger partial charge in [-0.3, -0.25) is 9.59 Å². The van der Waals surface area contributed by atoms with Gasteiger partial charge in [-0.1, -0.05) is 0 Å². The Kier molecular flexibility index (Phi) is 5.89. The van der Waals surface area contributed by atoms with Crippen LogP contribution in [0.5, 0.6) is 0 Å². The second kappa shape index (κ2) is 8.93. The van der Waals surface area contributed by atoms with Gasteiger partial charge in [0.2, 0.25) is 5.91 Å². The van der Waals surface area contributed by atoms with E-state index < -0.39 is 28.7 Å². The first kappa shape index (κ1) is 25.1. The lowest BCUT2D eigenvalue weighted by Crippen LogP contribution is -2.51. The summed E-state index contributed by atoms with van der Waals surface area (Å²) in [5.74, 6) is 0.807. The van der Waals surface area contributed by atoms with Gasteiger partial charge in [-0.05, 0) is 87.5 Å². The molecule has 2 heterocycles. The van der Waals surface area contributed by atoms with Crippen molar-refractivity contribution in [2.24, 2.45) is 23.2 Å². The molecular formula is C27H26F3N3O4S. The van der Waals surface area contributed by atoms with E-state index in [0.29, 0.717) is 22.8 Å². The summed E-state index contributed by atoms with van der Waals surface area (Å²) < 4.78 is 45.3. The minimum absolute atomic E-state index is 0.0556. The summed E-state index contributed by atoms with van der Waals surface area (Å²) in [6.45, 7) is 1.70. The lowest BCUT2D eigenvalue weighted by molar-refractivity contribution is -0.140. The van der Waals surface area contributed by atoms with Gasteiger partial charge in [0.15, 0.2) is 5.69 Å². The highest BCUT2D eigenvalue weighted by Gasteiger charge is 2.54. The van der Waals surface area contributed by atoms with Crippen LogP contribution in [0.25, 0.3) is 16.5 Å². The van der Waals surface area contributed by atoms with Crippen molar-refractivity contribution in [3.63, 3.8) is 0 Å². The molecule has 200 valence electrons. The molecule has 7 nitrogen and oxygen atoms in total. The number of fused-ring (bicyclic) bond motifs is 1. The number of nitrogens with one attached hydrogen (secondary N) is 1. The Morgan fingerprint density at radius 1 is 1.11 bits per heavy atom. The van der Waals surface area contributed by atoms with Crippen LogP contribution in [-0.2, 0) is 15.7 Å².